The molecule has 0 spiro atoms. The van der Waals surface area contributed by atoms with E-state index in [4.69, 9.17) is 0 Å². The molecule has 0 aliphatic heterocycles. The maximum atomic E-state index is 13.7. The van der Waals surface area contributed by atoms with Crippen LogP contribution in [0.2, 0.25) is 0 Å². The van der Waals surface area contributed by atoms with Crippen LogP contribution in [-0.2, 0) is 16.0 Å². The summed E-state index contributed by atoms with van der Waals surface area (Å²) in [6, 6.07) is 9.93. The number of nitrogens with zero attached hydrogens (tertiary/aromatic N) is 1. The first-order valence-corrected chi connectivity index (χ1v) is 6.65. The molecule has 2 aromatic rings. The molecule has 0 radical (unpaired) electrons. The minimum Gasteiger partial charge on any atom is -0.467 e. The molecule has 1 heterocycles. The molecule has 0 aliphatic carbocycles. The highest BCUT2D eigenvalue weighted by Crippen LogP contribution is 2.10. The van der Waals surface area contributed by atoms with Crippen LogP contribution in [0.3, 0.4) is 0 Å². The van der Waals surface area contributed by atoms with Gasteiger partial charge in [-0.05, 0) is 23.8 Å². The molecule has 1 amide bonds. The van der Waals surface area contributed by atoms with Crippen LogP contribution in [0.1, 0.15) is 16.1 Å². The Kier molecular flexibility index (Phi) is 5.19. The number of esters is 1. The Labute approximate surface area is 127 Å². The van der Waals surface area contributed by atoms with Gasteiger partial charge >= 0.3 is 5.97 Å². The van der Waals surface area contributed by atoms with Crippen LogP contribution < -0.4 is 5.32 Å². The lowest BCUT2D eigenvalue weighted by Gasteiger charge is -2.16. The summed E-state index contributed by atoms with van der Waals surface area (Å²) >= 11 is 0. The van der Waals surface area contributed by atoms with E-state index in [2.05, 4.69) is 15.0 Å². The molecule has 22 heavy (non-hydrogen) atoms. The quantitative estimate of drug-likeness (QED) is 0.854. The molecule has 0 unspecified atom stereocenters. The molecule has 0 saturated carbocycles. The Morgan fingerprint density at radius 1 is 1.23 bits per heavy atom. The van der Waals surface area contributed by atoms with Crippen molar-refractivity contribution in [2.45, 2.75) is 12.5 Å². The van der Waals surface area contributed by atoms with Gasteiger partial charge in [0.05, 0.1) is 7.11 Å². The number of rotatable bonds is 5. The van der Waals surface area contributed by atoms with Crippen LogP contribution in [0.4, 0.5) is 4.39 Å². The maximum absolute atomic E-state index is 13.7. The topological polar surface area (TPSA) is 68.3 Å². The second kappa shape index (κ2) is 7.31. The number of hydrogen-bond donors (Lipinski definition) is 1. The van der Waals surface area contributed by atoms with Gasteiger partial charge in [0.1, 0.15) is 17.6 Å². The zero-order valence-electron chi connectivity index (χ0n) is 12.0. The third-order valence-electron chi connectivity index (χ3n) is 3.07. The molecule has 2 rings (SSSR count). The highest BCUT2D eigenvalue weighted by atomic mass is 19.1. The fourth-order valence-corrected chi connectivity index (χ4v) is 1.95. The van der Waals surface area contributed by atoms with Gasteiger partial charge in [-0.3, -0.25) is 9.78 Å². The number of carbonyl (C=O) groups is 2. The summed E-state index contributed by atoms with van der Waals surface area (Å²) in [4.78, 5) is 27.8. The van der Waals surface area contributed by atoms with Crippen molar-refractivity contribution in [1.82, 2.24) is 10.3 Å². The van der Waals surface area contributed by atoms with Gasteiger partial charge in [0, 0.05) is 12.6 Å². The van der Waals surface area contributed by atoms with E-state index in [9.17, 15) is 14.0 Å². The Morgan fingerprint density at radius 2 is 1.95 bits per heavy atom. The van der Waals surface area contributed by atoms with Crippen molar-refractivity contribution < 1.29 is 18.7 Å². The standard InChI is InChI=1S/C16H15FN2O3/c1-22-16(21)14(10-11-6-2-3-7-12(11)17)19-15(20)13-8-4-5-9-18-13/h2-9,14H,10H2,1H3,(H,19,20)/t14-/m1/s1. The summed E-state index contributed by atoms with van der Waals surface area (Å²) in [6.07, 6.45) is 1.47. The van der Waals surface area contributed by atoms with E-state index in [0.717, 1.165) is 0 Å². The molecule has 1 aromatic heterocycles. The van der Waals surface area contributed by atoms with Gasteiger partial charge in [0.15, 0.2) is 0 Å². The molecule has 114 valence electrons. The van der Waals surface area contributed by atoms with Crippen LogP contribution in [-0.4, -0.2) is 30.0 Å². The number of aromatic nitrogens is 1. The molecule has 6 heteroatoms. The summed E-state index contributed by atoms with van der Waals surface area (Å²) in [5.41, 5.74) is 0.490. The Hall–Kier alpha value is -2.76. The summed E-state index contributed by atoms with van der Waals surface area (Å²) in [5.74, 6) is -1.61. The number of ether oxygens (including phenoxy) is 1. The van der Waals surface area contributed by atoms with Gasteiger partial charge in [-0.25, -0.2) is 9.18 Å². The first-order chi connectivity index (χ1) is 10.6. The number of hydrogen-bond acceptors (Lipinski definition) is 4. The lowest BCUT2D eigenvalue weighted by Crippen LogP contribution is -2.43. The lowest BCUT2D eigenvalue weighted by molar-refractivity contribution is -0.142. The van der Waals surface area contributed by atoms with Gasteiger partial charge in [0.2, 0.25) is 0 Å². The number of halogens is 1. The van der Waals surface area contributed by atoms with E-state index in [1.165, 1.54) is 25.4 Å². The molecule has 0 aliphatic rings. The average Bonchev–Trinajstić information content (AvgIpc) is 2.56. The Bertz CT molecular complexity index is 661. The zero-order chi connectivity index (χ0) is 15.9. The third-order valence-corrected chi connectivity index (χ3v) is 3.07. The van der Waals surface area contributed by atoms with Crippen molar-refractivity contribution in [3.8, 4) is 0 Å². The van der Waals surface area contributed by atoms with Crippen molar-refractivity contribution in [2.75, 3.05) is 7.11 Å². The number of pyridine rings is 1. The number of nitrogens with one attached hydrogen (secondary N) is 1. The molecular formula is C16H15FN2O3. The van der Waals surface area contributed by atoms with Gasteiger partial charge in [-0.2, -0.15) is 0 Å². The van der Waals surface area contributed by atoms with Crippen LogP contribution in [0.25, 0.3) is 0 Å². The predicted octanol–water partition coefficient (Wildman–Crippen LogP) is 1.73. The first-order valence-electron chi connectivity index (χ1n) is 6.65. The minimum atomic E-state index is -0.989. The van der Waals surface area contributed by atoms with Crippen LogP contribution in [0.5, 0.6) is 0 Å². The number of methoxy groups -OCH3 is 1. The summed E-state index contributed by atoms with van der Waals surface area (Å²) < 4.78 is 18.4. The van der Waals surface area contributed by atoms with Crippen molar-refractivity contribution in [2.24, 2.45) is 0 Å². The van der Waals surface area contributed by atoms with Crippen molar-refractivity contribution in [3.63, 3.8) is 0 Å². The van der Waals surface area contributed by atoms with E-state index < -0.39 is 23.7 Å². The largest absolute Gasteiger partial charge is 0.467 e. The van der Waals surface area contributed by atoms with Crippen molar-refractivity contribution >= 4 is 11.9 Å². The Balaban J connectivity index is 2.15. The van der Waals surface area contributed by atoms with Gasteiger partial charge in [-0.15, -0.1) is 0 Å². The third kappa shape index (κ3) is 3.88. The number of carbonyl (C=O) groups excluding carboxylic acids is 2. The average molecular weight is 302 g/mol. The van der Waals surface area contributed by atoms with E-state index in [1.54, 1.807) is 30.3 Å². The molecule has 1 N–H and O–H groups in total. The molecule has 1 atom stereocenters. The van der Waals surface area contributed by atoms with Crippen LogP contribution in [0.15, 0.2) is 48.7 Å². The van der Waals surface area contributed by atoms with Gasteiger partial charge < -0.3 is 10.1 Å². The van der Waals surface area contributed by atoms with Gasteiger partial charge in [-0.1, -0.05) is 24.3 Å². The maximum Gasteiger partial charge on any atom is 0.328 e. The SMILES string of the molecule is COC(=O)[C@@H](Cc1ccccc1F)NC(=O)c1ccccn1. The van der Waals surface area contributed by atoms with Crippen LogP contribution in [0, 0.1) is 5.82 Å². The molecule has 0 saturated heterocycles. The van der Waals surface area contributed by atoms with E-state index >= 15 is 0 Å². The molecule has 5 nitrogen and oxygen atoms in total. The van der Waals surface area contributed by atoms with E-state index in [1.807, 2.05) is 0 Å². The summed E-state index contributed by atoms with van der Waals surface area (Å²) in [5, 5.41) is 2.52. The highest BCUT2D eigenvalue weighted by Gasteiger charge is 2.24. The lowest BCUT2D eigenvalue weighted by atomic mass is 10.1. The van der Waals surface area contributed by atoms with Gasteiger partial charge in [0.25, 0.3) is 5.91 Å². The van der Waals surface area contributed by atoms with Crippen molar-refractivity contribution in [3.05, 3.63) is 65.7 Å². The predicted molar refractivity (Wildman–Crippen MR) is 77.6 cm³/mol. The molecule has 0 bridgehead atoms. The molecule has 1 aromatic carbocycles. The fraction of sp³-hybridized carbons (Fsp3) is 0.188. The minimum absolute atomic E-state index is 0.00206. The Morgan fingerprint density at radius 3 is 2.59 bits per heavy atom. The molecular weight excluding hydrogens is 287 g/mol. The van der Waals surface area contributed by atoms with E-state index in [-0.39, 0.29) is 12.1 Å². The zero-order valence-corrected chi connectivity index (χ0v) is 12.0. The normalized spacial score (nSPS) is 11.5. The molecule has 0 fully saturated rings. The van der Waals surface area contributed by atoms with E-state index in [0.29, 0.717) is 5.56 Å². The van der Waals surface area contributed by atoms with Crippen molar-refractivity contribution in [1.29, 1.82) is 0 Å². The second-order valence-corrected chi connectivity index (χ2v) is 4.56. The second-order valence-electron chi connectivity index (χ2n) is 4.56. The fourth-order valence-electron chi connectivity index (χ4n) is 1.95. The first kappa shape index (κ1) is 15.6. The monoisotopic (exact) mass is 302 g/mol. The number of benzene rings is 1. The number of amides is 1. The van der Waals surface area contributed by atoms with Crippen LogP contribution >= 0.6 is 0 Å². The highest BCUT2D eigenvalue weighted by molar-refractivity contribution is 5.95. The smallest absolute Gasteiger partial charge is 0.328 e. The summed E-state index contributed by atoms with van der Waals surface area (Å²) in [7, 11) is 1.21. The summed E-state index contributed by atoms with van der Waals surface area (Å²) in [6.45, 7) is 0.